The number of hydrogen-bond acceptors (Lipinski definition) is 5. The second kappa shape index (κ2) is 7.07. The Bertz CT molecular complexity index is 893. The fourth-order valence-electron chi connectivity index (χ4n) is 3.40. The van der Waals surface area contributed by atoms with Gasteiger partial charge in [0.2, 0.25) is 0 Å². The molecule has 2 aromatic heterocycles. The lowest BCUT2D eigenvalue weighted by molar-refractivity contribution is -0.108. The van der Waals surface area contributed by atoms with Crippen LogP contribution in [0, 0.1) is 6.92 Å². The Balaban J connectivity index is 1.80. The van der Waals surface area contributed by atoms with Gasteiger partial charge in [-0.15, -0.1) is 0 Å². The van der Waals surface area contributed by atoms with Crippen LogP contribution < -0.4 is 4.74 Å². The van der Waals surface area contributed by atoms with Crippen LogP contribution in [0.15, 0.2) is 48.8 Å². The molecule has 3 aromatic rings. The predicted molar refractivity (Wildman–Crippen MR) is 96.3 cm³/mol. The van der Waals surface area contributed by atoms with E-state index < -0.39 is 18.3 Å². The number of rotatable bonds is 5. The van der Waals surface area contributed by atoms with Crippen molar-refractivity contribution >= 4 is 5.65 Å². The molecule has 0 unspecified atom stereocenters. The number of pyridine rings is 1. The maximum Gasteiger partial charge on any atom is 0.180 e. The van der Waals surface area contributed by atoms with Gasteiger partial charge in [0.15, 0.2) is 17.5 Å². The molecule has 1 aromatic carbocycles. The fourth-order valence-corrected chi connectivity index (χ4v) is 3.40. The third-order valence-corrected chi connectivity index (χ3v) is 4.62. The number of benzene rings is 1. The highest BCUT2D eigenvalue weighted by atomic mass is 16.5. The molecule has 0 aliphatic carbocycles. The summed E-state index contributed by atoms with van der Waals surface area (Å²) in [6.45, 7) is 2.79. The SMILES string of the molecule is COCCO[C@@H]1c2ccn3cc(C)nc3c2O[C@H](c2ccccc2)[C@H]1O. The summed E-state index contributed by atoms with van der Waals surface area (Å²) in [4.78, 5) is 4.59. The van der Waals surface area contributed by atoms with E-state index in [0.717, 1.165) is 22.5 Å². The van der Waals surface area contributed by atoms with Crippen LogP contribution in [-0.4, -0.2) is 40.9 Å². The van der Waals surface area contributed by atoms with E-state index in [1.165, 1.54) is 0 Å². The molecule has 0 radical (unpaired) electrons. The summed E-state index contributed by atoms with van der Waals surface area (Å²) in [6, 6.07) is 11.6. The molecule has 26 heavy (non-hydrogen) atoms. The molecule has 0 amide bonds. The number of aliphatic hydroxyl groups excluding tert-OH is 1. The summed E-state index contributed by atoms with van der Waals surface area (Å²) >= 11 is 0. The van der Waals surface area contributed by atoms with Crippen molar-refractivity contribution in [2.75, 3.05) is 20.3 Å². The van der Waals surface area contributed by atoms with Gasteiger partial charge in [0, 0.05) is 25.1 Å². The Hall–Kier alpha value is -2.41. The van der Waals surface area contributed by atoms with Crippen molar-refractivity contribution in [3.8, 4) is 5.75 Å². The molecule has 0 saturated heterocycles. The first-order valence-electron chi connectivity index (χ1n) is 8.67. The van der Waals surface area contributed by atoms with Crippen LogP contribution in [0.2, 0.25) is 0 Å². The number of aryl methyl sites for hydroxylation is 1. The number of aliphatic hydroxyl groups is 1. The van der Waals surface area contributed by atoms with Crippen LogP contribution in [0.4, 0.5) is 0 Å². The zero-order valence-electron chi connectivity index (χ0n) is 14.8. The Kier molecular flexibility index (Phi) is 4.63. The molecule has 1 aliphatic rings. The molecule has 6 nitrogen and oxygen atoms in total. The van der Waals surface area contributed by atoms with Gasteiger partial charge in [0.25, 0.3) is 0 Å². The monoisotopic (exact) mass is 354 g/mol. The Morgan fingerprint density at radius 2 is 2.00 bits per heavy atom. The molecule has 4 rings (SSSR count). The van der Waals surface area contributed by atoms with Crippen LogP contribution in [0.1, 0.15) is 29.0 Å². The molecule has 0 saturated carbocycles. The van der Waals surface area contributed by atoms with E-state index in [1.54, 1.807) is 7.11 Å². The van der Waals surface area contributed by atoms with Crippen LogP contribution in [0.3, 0.4) is 0 Å². The highest BCUT2D eigenvalue weighted by Gasteiger charge is 2.40. The van der Waals surface area contributed by atoms with Gasteiger partial charge >= 0.3 is 0 Å². The first-order valence-corrected chi connectivity index (χ1v) is 8.67. The molecular weight excluding hydrogens is 332 g/mol. The molecule has 0 fully saturated rings. The van der Waals surface area contributed by atoms with E-state index in [4.69, 9.17) is 14.2 Å². The Morgan fingerprint density at radius 3 is 2.77 bits per heavy atom. The predicted octanol–water partition coefficient (Wildman–Crippen LogP) is 2.84. The molecule has 3 heterocycles. The number of hydrogen-bond donors (Lipinski definition) is 1. The van der Waals surface area contributed by atoms with E-state index >= 15 is 0 Å². The molecule has 0 bridgehead atoms. The average Bonchev–Trinajstić information content (AvgIpc) is 3.04. The number of nitrogens with zero attached hydrogens (tertiary/aromatic N) is 2. The van der Waals surface area contributed by atoms with E-state index in [2.05, 4.69) is 4.98 Å². The molecule has 3 atom stereocenters. The van der Waals surface area contributed by atoms with Gasteiger partial charge in [-0.3, -0.25) is 0 Å². The standard InChI is InChI=1S/C20H22N2O4/c1-13-12-22-9-8-15-18(25-11-10-24-2)16(23)17(14-6-4-3-5-7-14)26-19(15)20(22)21-13/h3-9,12,16-18,23H,10-11H2,1-2H3/t16-,17-,18-/m1/s1. The molecular formula is C20H22N2O4. The van der Waals surface area contributed by atoms with E-state index in [9.17, 15) is 5.11 Å². The van der Waals surface area contributed by atoms with Crippen LogP contribution in [0.25, 0.3) is 5.65 Å². The quantitative estimate of drug-likeness (QED) is 0.714. The van der Waals surface area contributed by atoms with Gasteiger partial charge in [-0.1, -0.05) is 30.3 Å². The number of fused-ring (bicyclic) bond motifs is 3. The van der Waals surface area contributed by atoms with Crippen molar-refractivity contribution < 1.29 is 19.3 Å². The number of imidazole rings is 1. The van der Waals surface area contributed by atoms with Crippen LogP contribution >= 0.6 is 0 Å². The number of methoxy groups -OCH3 is 1. The van der Waals surface area contributed by atoms with Crippen molar-refractivity contribution in [2.45, 2.75) is 25.2 Å². The van der Waals surface area contributed by atoms with Crippen molar-refractivity contribution in [3.63, 3.8) is 0 Å². The first-order chi connectivity index (χ1) is 12.7. The largest absolute Gasteiger partial charge is 0.479 e. The lowest BCUT2D eigenvalue weighted by Crippen LogP contribution is -2.36. The molecule has 0 spiro atoms. The third-order valence-electron chi connectivity index (χ3n) is 4.62. The topological polar surface area (TPSA) is 65.2 Å². The second-order valence-corrected chi connectivity index (χ2v) is 6.44. The van der Waals surface area contributed by atoms with Gasteiger partial charge in [-0.05, 0) is 18.6 Å². The summed E-state index contributed by atoms with van der Waals surface area (Å²) in [7, 11) is 1.63. The van der Waals surface area contributed by atoms with Crippen molar-refractivity contribution in [1.29, 1.82) is 0 Å². The van der Waals surface area contributed by atoms with Gasteiger partial charge in [0.05, 0.1) is 18.9 Å². The summed E-state index contributed by atoms with van der Waals surface area (Å²) < 4.78 is 19.2. The molecule has 1 aliphatic heterocycles. The zero-order chi connectivity index (χ0) is 18.1. The third kappa shape index (κ3) is 2.96. The molecule has 1 N–H and O–H groups in total. The second-order valence-electron chi connectivity index (χ2n) is 6.44. The first kappa shape index (κ1) is 17.0. The Morgan fingerprint density at radius 1 is 1.19 bits per heavy atom. The zero-order valence-corrected chi connectivity index (χ0v) is 14.8. The van der Waals surface area contributed by atoms with Crippen LogP contribution in [0.5, 0.6) is 5.75 Å². The summed E-state index contributed by atoms with van der Waals surface area (Å²) in [5.74, 6) is 0.655. The highest BCUT2D eigenvalue weighted by Crippen LogP contribution is 2.44. The number of aromatic nitrogens is 2. The lowest BCUT2D eigenvalue weighted by atomic mass is 9.92. The molecule has 6 heteroatoms. The van der Waals surface area contributed by atoms with E-state index in [-0.39, 0.29) is 0 Å². The summed E-state index contributed by atoms with van der Waals surface area (Å²) in [6.07, 6.45) is 1.99. The van der Waals surface area contributed by atoms with Gasteiger partial charge in [-0.25, -0.2) is 4.98 Å². The lowest BCUT2D eigenvalue weighted by Gasteiger charge is -2.36. The summed E-state index contributed by atoms with van der Waals surface area (Å²) in [5, 5.41) is 11.0. The van der Waals surface area contributed by atoms with E-state index in [0.29, 0.717) is 19.0 Å². The fraction of sp³-hybridized carbons (Fsp3) is 0.350. The Labute approximate surface area is 152 Å². The maximum atomic E-state index is 11.0. The normalized spacial score (nSPS) is 22.2. The smallest absolute Gasteiger partial charge is 0.180 e. The average molecular weight is 354 g/mol. The van der Waals surface area contributed by atoms with Crippen molar-refractivity contribution in [2.24, 2.45) is 0 Å². The highest BCUT2D eigenvalue weighted by molar-refractivity contribution is 5.61. The van der Waals surface area contributed by atoms with Crippen LogP contribution in [-0.2, 0) is 9.47 Å². The maximum absolute atomic E-state index is 11.0. The number of ether oxygens (including phenoxy) is 3. The van der Waals surface area contributed by atoms with Gasteiger partial charge in [-0.2, -0.15) is 0 Å². The van der Waals surface area contributed by atoms with Crippen molar-refractivity contribution in [1.82, 2.24) is 9.38 Å². The van der Waals surface area contributed by atoms with Gasteiger partial charge in [0.1, 0.15) is 12.2 Å². The minimum atomic E-state index is -0.833. The van der Waals surface area contributed by atoms with E-state index in [1.807, 2.05) is 60.1 Å². The minimum Gasteiger partial charge on any atom is -0.479 e. The molecule has 136 valence electrons. The van der Waals surface area contributed by atoms with Gasteiger partial charge < -0.3 is 23.7 Å². The minimum absolute atomic E-state index is 0.387. The summed E-state index contributed by atoms with van der Waals surface area (Å²) in [5.41, 5.74) is 3.34. The van der Waals surface area contributed by atoms with Crippen molar-refractivity contribution in [3.05, 3.63) is 65.6 Å².